The highest BCUT2D eigenvalue weighted by atomic mass is 31.2. The molecule has 7 atom stereocenters. The lowest BCUT2D eigenvalue weighted by Crippen LogP contribution is -2.30. The summed E-state index contributed by atoms with van der Waals surface area (Å²) in [6.07, 6.45) is 61.0. The maximum Gasteiger partial charge on any atom is 0.472 e. The van der Waals surface area contributed by atoms with Crippen molar-refractivity contribution in [3.63, 3.8) is 0 Å². The summed E-state index contributed by atoms with van der Waals surface area (Å²) >= 11 is 0. The molecule has 0 fully saturated rings. The number of hydrogen-bond donors (Lipinski definition) is 3. The molecule has 612 valence electrons. The van der Waals surface area contributed by atoms with Crippen LogP contribution in [0, 0.1) is 23.7 Å². The maximum absolute atomic E-state index is 13.1. The van der Waals surface area contributed by atoms with Gasteiger partial charge in [0.15, 0.2) is 12.2 Å². The van der Waals surface area contributed by atoms with Crippen LogP contribution >= 0.6 is 15.6 Å². The highest BCUT2D eigenvalue weighted by molar-refractivity contribution is 7.47. The van der Waals surface area contributed by atoms with Gasteiger partial charge in [-0.05, 0) is 49.4 Å². The van der Waals surface area contributed by atoms with Gasteiger partial charge in [-0.25, -0.2) is 9.13 Å². The molecule has 0 aliphatic carbocycles. The molecule has 4 unspecified atom stereocenters. The van der Waals surface area contributed by atoms with Crippen LogP contribution in [0.2, 0.25) is 0 Å². The number of aliphatic hydroxyl groups excluding tert-OH is 1. The zero-order valence-electron chi connectivity index (χ0n) is 68.0. The largest absolute Gasteiger partial charge is 0.472 e. The zero-order valence-corrected chi connectivity index (χ0v) is 69.7. The van der Waals surface area contributed by atoms with Gasteiger partial charge in [-0.15, -0.1) is 0 Å². The van der Waals surface area contributed by atoms with E-state index in [1.54, 1.807) is 0 Å². The molecule has 0 aliphatic rings. The van der Waals surface area contributed by atoms with E-state index in [1.165, 1.54) is 231 Å². The quantitative estimate of drug-likeness (QED) is 0.0222. The zero-order chi connectivity index (χ0) is 76.0. The molecule has 3 N–H and O–H groups in total. The number of carbonyl (C=O) groups is 4. The van der Waals surface area contributed by atoms with Gasteiger partial charge < -0.3 is 33.8 Å². The van der Waals surface area contributed by atoms with Gasteiger partial charge >= 0.3 is 39.5 Å². The SMILES string of the molecule is CCC(C)CCCCCCCCCCCCCCCCC(=O)O[C@H](COC(=O)CCCCCCCCC(C)CC)COP(=O)(O)OC[C@H](O)COP(=O)(O)OC[C@@H](COC(=O)CCCCCCCCCCCCCCCCCC(C)C)OC(=O)CCCCCCCCCCCCCCCCC(C)C. The molecule has 0 radical (unpaired) electrons. The first-order valence-electron chi connectivity index (χ1n) is 43.3. The monoisotopic (exact) mass is 1510 g/mol. The van der Waals surface area contributed by atoms with Crippen molar-refractivity contribution < 1.29 is 80.2 Å². The van der Waals surface area contributed by atoms with Gasteiger partial charge in [0.2, 0.25) is 0 Å². The smallest absolute Gasteiger partial charge is 0.462 e. The van der Waals surface area contributed by atoms with Crippen molar-refractivity contribution in [3.8, 4) is 0 Å². The Morgan fingerprint density at radius 2 is 0.466 bits per heavy atom. The topological polar surface area (TPSA) is 237 Å². The summed E-state index contributed by atoms with van der Waals surface area (Å²) in [5.41, 5.74) is 0. The van der Waals surface area contributed by atoms with Gasteiger partial charge in [-0.2, -0.15) is 0 Å². The van der Waals surface area contributed by atoms with Crippen molar-refractivity contribution in [3.05, 3.63) is 0 Å². The van der Waals surface area contributed by atoms with E-state index in [2.05, 4.69) is 55.4 Å². The van der Waals surface area contributed by atoms with Crippen LogP contribution in [0.1, 0.15) is 434 Å². The molecule has 19 heteroatoms. The molecule has 0 aromatic carbocycles. The molecule has 0 saturated heterocycles. The minimum Gasteiger partial charge on any atom is -0.462 e. The summed E-state index contributed by atoms with van der Waals surface area (Å²) in [5.74, 6) is 1.07. The number of ether oxygens (including phenoxy) is 4. The van der Waals surface area contributed by atoms with Gasteiger partial charge in [-0.3, -0.25) is 37.3 Å². The lowest BCUT2D eigenvalue weighted by molar-refractivity contribution is -0.161. The highest BCUT2D eigenvalue weighted by Gasteiger charge is 2.30. The lowest BCUT2D eigenvalue weighted by Gasteiger charge is -2.21. The van der Waals surface area contributed by atoms with E-state index in [0.29, 0.717) is 25.7 Å². The van der Waals surface area contributed by atoms with E-state index in [-0.39, 0.29) is 25.7 Å². The van der Waals surface area contributed by atoms with E-state index < -0.39 is 97.5 Å². The number of carbonyl (C=O) groups excluding carboxylic acids is 4. The van der Waals surface area contributed by atoms with Crippen molar-refractivity contribution in [1.82, 2.24) is 0 Å². The van der Waals surface area contributed by atoms with Crippen LogP contribution < -0.4 is 0 Å². The molecule has 0 aromatic rings. The average molecular weight is 1510 g/mol. The molecular formula is C84H164O17P2. The van der Waals surface area contributed by atoms with Gasteiger partial charge in [0.1, 0.15) is 19.3 Å². The molecule has 0 rings (SSSR count). The van der Waals surface area contributed by atoms with Crippen LogP contribution in [0.5, 0.6) is 0 Å². The van der Waals surface area contributed by atoms with Gasteiger partial charge in [0.05, 0.1) is 26.4 Å². The van der Waals surface area contributed by atoms with Gasteiger partial charge in [0, 0.05) is 25.7 Å². The van der Waals surface area contributed by atoms with Crippen molar-refractivity contribution in [2.24, 2.45) is 23.7 Å². The Balaban J connectivity index is 5.25. The predicted octanol–water partition coefficient (Wildman–Crippen LogP) is 25.2. The molecule has 17 nitrogen and oxygen atoms in total. The fraction of sp³-hybridized carbons (Fsp3) is 0.952. The van der Waals surface area contributed by atoms with Crippen molar-refractivity contribution in [1.29, 1.82) is 0 Å². The molecule has 0 bridgehead atoms. The maximum atomic E-state index is 13.1. The first-order chi connectivity index (χ1) is 49.7. The Bertz CT molecular complexity index is 2010. The van der Waals surface area contributed by atoms with E-state index >= 15 is 0 Å². The Kier molecular flexibility index (Phi) is 71.5. The van der Waals surface area contributed by atoms with E-state index in [1.807, 2.05) is 0 Å². The Hall–Kier alpha value is -1.94. The third kappa shape index (κ3) is 75.3. The number of esters is 4. The van der Waals surface area contributed by atoms with Crippen molar-refractivity contribution in [2.75, 3.05) is 39.6 Å². The summed E-state index contributed by atoms with van der Waals surface area (Å²) in [7, 11) is -9.93. The van der Waals surface area contributed by atoms with Gasteiger partial charge in [0.25, 0.3) is 0 Å². The summed E-state index contributed by atoms with van der Waals surface area (Å²) in [4.78, 5) is 73.2. The van der Waals surface area contributed by atoms with Gasteiger partial charge in [-0.1, -0.05) is 383 Å². The number of phosphoric acid groups is 2. The second-order valence-corrected chi connectivity index (χ2v) is 34.6. The number of rotatable bonds is 81. The Labute approximate surface area is 632 Å². The normalized spacial score (nSPS) is 14.5. The molecule has 0 aromatic heterocycles. The van der Waals surface area contributed by atoms with E-state index in [9.17, 15) is 43.2 Å². The molecule has 0 aliphatic heterocycles. The molecule has 103 heavy (non-hydrogen) atoms. The van der Waals surface area contributed by atoms with E-state index in [4.69, 9.17) is 37.0 Å². The fourth-order valence-electron chi connectivity index (χ4n) is 12.9. The summed E-state index contributed by atoms with van der Waals surface area (Å²) in [5, 5.41) is 10.7. The number of phosphoric ester groups is 2. The summed E-state index contributed by atoms with van der Waals surface area (Å²) in [6, 6.07) is 0. The first-order valence-corrected chi connectivity index (χ1v) is 46.3. The molecule has 0 amide bonds. The van der Waals surface area contributed by atoms with Crippen LogP contribution in [0.4, 0.5) is 0 Å². The Morgan fingerprint density at radius 1 is 0.272 bits per heavy atom. The third-order valence-corrected chi connectivity index (χ3v) is 22.2. The third-order valence-electron chi connectivity index (χ3n) is 20.3. The summed E-state index contributed by atoms with van der Waals surface area (Å²) in [6.45, 7) is 14.3. The number of hydrogen-bond acceptors (Lipinski definition) is 15. The van der Waals surface area contributed by atoms with E-state index in [0.717, 1.165) is 120 Å². The minimum atomic E-state index is -4.97. The molecule has 0 saturated carbocycles. The van der Waals surface area contributed by atoms with Crippen molar-refractivity contribution >= 4 is 39.5 Å². The first kappa shape index (κ1) is 101. The number of unbranched alkanes of at least 4 members (excludes halogenated alkanes) is 45. The fourth-order valence-corrected chi connectivity index (χ4v) is 14.5. The lowest BCUT2D eigenvalue weighted by atomic mass is 9.99. The van der Waals surface area contributed by atoms with Crippen LogP contribution in [0.15, 0.2) is 0 Å². The molecular weight excluding hydrogens is 1340 g/mol. The standard InChI is InChI=1S/C84H164O17P2/c1-9-76(7)62-54-46-38-32-26-20-15-17-23-29-35-41-51-59-67-84(89)101-80(71-95-82(87)65-57-49-43-42-47-55-63-77(8)10-2)73-99-103(92,93)97-69-78(85)68-96-102(90,91)98-72-79(100-83(88)66-58-50-40-34-28-22-16-14-19-25-31-37-45-53-61-75(5)6)70-94-81(86)64-56-48-39-33-27-21-13-11-12-18-24-30-36-44-52-60-74(3)4/h74-80,85H,9-73H2,1-8H3,(H,90,91)(H,92,93)/t76?,77?,78-,79-,80-/m1/s1. The Morgan fingerprint density at radius 3 is 0.689 bits per heavy atom. The minimum absolute atomic E-state index is 0.107. The molecule has 0 heterocycles. The highest BCUT2D eigenvalue weighted by Crippen LogP contribution is 2.45. The summed E-state index contributed by atoms with van der Waals surface area (Å²) < 4.78 is 68.8. The van der Waals surface area contributed by atoms with Crippen LogP contribution in [0.3, 0.4) is 0 Å². The van der Waals surface area contributed by atoms with Crippen LogP contribution in [-0.2, 0) is 65.4 Å². The predicted molar refractivity (Wildman–Crippen MR) is 423 cm³/mol. The van der Waals surface area contributed by atoms with Crippen LogP contribution in [-0.4, -0.2) is 96.7 Å². The molecule has 0 spiro atoms. The van der Waals surface area contributed by atoms with Crippen LogP contribution in [0.25, 0.3) is 0 Å². The second kappa shape index (κ2) is 72.9. The average Bonchev–Trinajstić information content (AvgIpc) is 0.929. The van der Waals surface area contributed by atoms with Crippen molar-refractivity contribution in [2.45, 2.75) is 453 Å². The number of aliphatic hydroxyl groups is 1. The second-order valence-electron chi connectivity index (χ2n) is 31.7.